The molecule has 1 N–H and O–H groups in total. The molecule has 170 valence electrons. The van der Waals surface area contributed by atoms with Crippen molar-refractivity contribution in [2.75, 3.05) is 5.32 Å². The van der Waals surface area contributed by atoms with Crippen molar-refractivity contribution in [2.45, 2.75) is 26.4 Å². The highest BCUT2D eigenvalue weighted by Gasteiger charge is 2.26. The predicted octanol–water partition coefficient (Wildman–Crippen LogP) is 5.01. The van der Waals surface area contributed by atoms with E-state index < -0.39 is 17.7 Å². The number of rotatable bonds is 6. The maximum absolute atomic E-state index is 13.8. The number of nitrogens with zero attached hydrogens (tertiary/aromatic N) is 3. The van der Waals surface area contributed by atoms with Crippen LogP contribution in [0.5, 0.6) is 0 Å². The first kappa shape index (κ1) is 22.7. The first-order valence-electron chi connectivity index (χ1n) is 10.3. The Morgan fingerprint density at radius 2 is 1.85 bits per heavy atom. The van der Waals surface area contributed by atoms with Crippen LogP contribution >= 0.6 is 11.6 Å². The molecule has 1 amide bonds. The molecular weight excluding hydrogens is 450 g/mol. The first-order chi connectivity index (χ1) is 15.7. The largest absolute Gasteiger partial charge is 0.323 e. The summed E-state index contributed by atoms with van der Waals surface area (Å²) in [6.45, 7) is 3.93. The van der Waals surface area contributed by atoms with Crippen LogP contribution in [-0.4, -0.2) is 20.0 Å². The summed E-state index contributed by atoms with van der Waals surface area (Å²) in [6.07, 6.45) is 2.94. The van der Waals surface area contributed by atoms with Gasteiger partial charge in [0.2, 0.25) is 5.91 Å². The molecule has 1 unspecified atom stereocenters. The van der Waals surface area contributed by atoms with Crippen LogP contribution in [-0.2, 0) is 11.3 Å². The van der Waals surface area contributed by atoms with Crippen LogP contribution in [0, 0.1) is 17.6 Å². The molecule has 6 nitrogen and oxygen atoms in total. The zero-order valence-corrected chi connectivity index (χ0v) is 18.7. The molecule has 4 aromatic rings. The maximum atomic E-state index is 13.8. The summed E-state index contributed by atoms with van der Waals surface area (Å²) in [5.74, 6) is -2.58. The van der Waals surface area contributed by atoms with E-state index in [2.05, 4.69) is 10.3 Å². The molecule has 0 fully saturated rings. The predicted molar refractivity (Wildman–Crippen MR) is 123 cm³/mol. The van der Waals surface area contributed by atoms with Crippen molar-refractivity contribution in [3.8, 4) is 0 Å². The second kappa shape index (κ2) is 9.15. The van der Waals surface area contributed by atoms with Gasteiger partial charge in [0, 0.05) is 29.4 Å². The van der Waals surface area contributed by atoms with Crippen molar-refractivity contribution in [1.29, 1.82) is 0 Å². The van der Waals surface area contributed by atoms with Gasteiger partial charge in [-0.25, -0.2) is 13.8 Å². The molecule has 4 rings (SSSR count). The van der Waals surface area contributed by atoms with Gasteiger partial charge in [-0.15, -0.1) is 0 Å². The lowest BCUT2D eigenvalue weighted by Crippen LogP contribution is -2.30. The molecule has 2 aromatic carbocycles. The van der Waals surface area contributed by atoms with Gasteiger partial charge < -0.3 is 14.5 Å². The third-order valence-corrected chi connectivity index (χ3v) is 5.73. The van der Waals surface area contributed by atoms with E-state index >= 15 is 0 Å². The number of fused-ring (bicyclic) bond motifs is 1. The minimum Gasteiger partial charge on any atom is -0.323 e. The first-order valence-corrected chi connectivity index (χ1v) is 10.7. The molecule has 2 heterocycles. The number of benzene rings is 2. The lowest BCUT2D eigenvalue weighted by atomic mass is 10.0. The zero-order chi connectivity index (χ0) is 23.7. The number of aromatic nitrogens is 3. The molecule has 0 spiro atoms. The van der Waals surface area contributed by atoms with Gasteiger partial charge in [-0.1, -0.05) is 43.6 Å². The van der Waals surface area contributed by atoms with Crippen LogP contribution in [0.1, 0.15) is 25.5 Å². The van der Waals surface area contributed by atoms with E-state index in [-0.39, 0.29) is 29.4 Å². The summed E-state index contributed by atoms with van der Waals surface area (Å²) in [4.78, 5) is 29.7. The van der Waals surface area contributed by atoms with Crippen LogP contribution in [0.25, 0.3) is 11.0 Å². The molecular formula is C24H21ClF2N4O2. The topological polar surface area (TPSA) is 68.9 Å². The Balaban J connectivity index is 1.63. The molecule has 1 atom stereocenters. The average molecular weight is 471 g/mol. The molecule has 33 heavy (non-hydrogen) atoms. The molecule has 0 radical (unpaired) electrons. The molecule has 9 heteroatoms. The van der Waals surface area contributed by atoms with Crippen LogP contribution in [0.15, 0.2) is 65.8 Å². The summed E-state index contributed by atoms with van der Waals surface area (Å²) in [5, 5.41) is 3.36. The van der Waals surface area contributed by atoms with E-state index in [0.717, 1.165) is 17.7 Å². The third-order valence-electron chi connectivity index (χ3n) is 5.37. The lowest BCUT2D eigenvalue weighted by Gasteiger charge is -2.23. The summed E-state index contributed by atoms with van der Waals surface area (Å²) >= 11 is 6.21. The Kier molecular flexibility index (Phi) is 6.29. The number of carbonyl (C=O) groups is 1. The number of amides is 1. The number of imidazole rings is 1. The van der Waals surface area contributed by atoms with Crippen molar-refractivity contribution < 1.29 is 13.6 Å². The van der Waals surface area contributed by atoms with Gasteiger partial charge in [0.15, 0.2) is 11.6 Å². The summed E-state index contributed by atoms with van der Waals surface area (Å²) in [6, 6.07) is 11.4. The van der Waals surface area contributed by atoms with E-state index in [0.29, 0.717) is 16.2 Å². The fraction of sp³-hybridized carbons (Fsp3) is 0.208. The SMILES string of the molecule is CC(C)C(C(=O)Nc1ccc(=O)n(Cc2ccccc2Cl)c1)n1cnc2cc(F)c(F)cc21. The maximum Gasteiger partial charge on any atom is 0.250 e. The second-order valence-electron chi connectivity index (χ2n) is 8.06. The van der Waals surface area contributed by atoms with Gasteiger partial charge in [0.05, 0.1) is 29.6 Å². The third kappa shape index (κ3) is 4.66. The van der Waals surface area contributed by atoms with Gasteiger partial charge in [-0.3, -0.25) is 9.59 Å². The Morgan fingerprint density at radius 1 is 1.12 bits per heavy atom. The van der Waals surface area contributed by atoms with E-state index in [1.54, 1.807) is 18.3 Å². The molecule has 0 aliphatic carbocycles. The number of anilines is 1. The Hall–Kier alpha value is -3.52. The van der Waals surface area contributed by atoms with E-state index in [4.69, 9.17) is 11.6 Å². The standard InChI is InChI=1S/C24H21ClF2N4O2/c1-14(2)23(31-13-28-20-9-18(26)19(27)10-21(20)31)24(33)29-16-7-8-22(32)30(12-16)11-15-5-3-4-6-17(15)25/h3-10,12-14,23H,11H2,1-2H3,(H,29,33). The number of hydrogen-bond donors (Lipinski definition) is 1. The molecule has 0 bridgehead atoms. The van der Waals surface area contributed by atoms with Crippen molar-refractivity contribution in [1.82, 2.24) is 14.1 Å². The Morgan fingerprint density at radius 3 is 2.58 bits per heavy atom. The monoisotopic (exact) mass is 470 g/mol. The van der Waals surface area contributed by atoms with Gasteiger partial charge in [0.25, 0.3) is 5.56 Å². The molecule has 2 aromatic heterocycles. The minimum atomic E-state index is -1.01. The van der Waals surface area contributed by atoms with Crippen LogP contribution in [0.3, 0.4) is 0 Å². The minimum absolute atomic E-state index is 0.190. The normalized spacial score (nSPS) is 12.3. The van der Waals surface area contributed by atoms with Gasteiger partial charge in [-0.05, 0) is 23.6 Å². The number of pyridine rings is 1. The smallest absolute Gasteiger partial charge is 0.250 e. The fourth-order valence-electron chi connectivity index (χ4n) is 3.75. The second-order valence-corrected chi connectivity index (χ2v) is 8.47. The highest BCUT2D eigenvalue weighted by atomic mass is 35.5. The highest BCUT2D eigenvalue weighted by Crippen LogP contribution is 2.26. The quantitative estimate of drug-likeness (QED) is 0.430. The highest BCUT2D eigenvalue weighted by molar-refractivity contribution is 6.31. The van der Waals surface area contributed by atoms with Crippen molar-refractivity contribution >= 4 is 34.2 Å². The summed E-state index contributed by atoms with van der Waals surface area (Å²) < 4.78 is 30.4. The lowest BCUT2D eigenvalue weighted by molar-refractivity contribution is -0.120. The van der Waals surface area contributed by atoms with Gasteiger partial charge in [0.1, 0.15) is 6.04 Å². The molecule has 0 aliphatic rings. The number of nitrogens with one attached hydrogen (secondary N) is 1. The number of carbonyl (C=O) groups excluding carboxylic acids is 1. The van der Waals surface area contributed by atoms with Gasteiger partial charge in [-0.2, -0.15) is 0 Å². The van der Waals surface area contributed by atoms with Gasteiger partial charge >= 0.3 is 0 Å². The zero-order valence-electron chi connectivity index (χ0n) is 17.9. The number of hydrogen-bond acceptors (Lipinski definition) is 3. The van der Waals surface area contributed by atoms with Crippen molar-refractivity contribution in [3.63, 3.8) is 0 Å². The van der Waals surface area contributed by atoms with E-state index in [1.165, 1.54) is 27.6 Å². The van der Waals surface area contributed by atoms with Crippen LogP contribution in [0.2, 0.25) is 5.02 Å². The average Bonchev–Trinajstić information content (AvgIpc) is 3.14. The van der Waals surface area contributed by atoms with E-state index in [9.17, 15) is 18.4 Å². The van der Waals surface area contributed by atoms with Crippen LogP contribution in [0.4, 0.5) is 14.5 Å². The Labute approximate surface area is 193 Å². The summed E-state index contributed by atoms with van der Waals surface area (Å²) in [5.41, 5.74) is 1.50. The molecule has 0 saturated heterocycles. The van der Waals surface area contributed by atoms with Crippen molar-refractivity contribution in [2.24, 2.45) is 5.92 Å². The summed E-state index contributed by atoms with van der Waals surface area (Å²) in [7, 11) is 0. The molecule has 0 aliphatic heterocycles. The Bertz CT molecular complexity index is 1400. The number of halogens is 3. The fourth-order valence-corrected chi connectivity index (χ4v) is 3.95. The van der Waals surface area contributed by atoms with Crippen molar-refractivity contribution in [3.05, 3.63) is 93.6 Å². The van der Waals surface area contributed by atoms with Crippen LogP contribution < -0.4 is 10.9 Å². The van der Waals surface area contributed by atoms with E-state index in [1.807, 2.05) is 26.0 Å². The molecule has 0 saturated carbocycles.